The third-order valence-corrected chi connectivity index (χ3v) is 2.07. The molecule has 3 N–H and O–H groups in total. The summed E-state index contributed by atoms with van der Waals surface area (Å²) in [6.07, 6.45) is 0.326. The van der Waals surface area contributed by atoms with E-state index >= 15 is 0 Å². The zero-order valence-electron chi connectivity index (χ0n) is 10.8. The van der Waals surface area contributed by atoms with Crippen LogP contribution in [0, 0.1) is 0 Å². The summed E-state index contributed by atoms with van der Waals surface area (Å²) in [5.41, 5.74) is 5.98. The van der Waals surface area contributed by atoms with Crippen LogP contribution in [-0.4, -0.2) is 22.7 Å². The lowest BCUT2D eigenvalue weighted by molar-refractivity contribution is -0.321. The van der Waals surface area contributed by atoms with Gasteiger partial charge in [-0.15, -0.1) is 0 Å². The van der Waals surface area contributed by atoms with E-state index in [0.29, 0.717) is 6.42 Å². The van der Waals surface area contributed by atoms with Crippen molar-refractivity contribution in [2.45, 2.75) is 38.8 Å². The summed E-state index contributed by atoms with van der Waals surface area (Å²) < 4.78 is 0. The van der Waals surface area contributed by atoms with Gasteiger partial charge in [-0.05, 0) is 44.9 Å². The summed E-state index contributed by atoms with van der Waals surface area (Å²) in [4.78, 5) is 21.1. The highest BCUT2D eigenvalue weighted by molar-refractivity contribution is 5.75. The summed E-state index contributed by atoms with van der Waals surface area (Å²) >= 11 is 0. The first-order chi connectivity index (χ1) is 8.28. The van der Waals surface area contributed by atoms with E-state index in [1.807, 2.05) is 0 Å². The standard InChI is InChI=1S/C13H19NO4/c1-13(2,3)18-17-12(16)11(14)8-9-4-6-10(15)7-5-9/h4-7,11,15H,8,14H2,1-3H3. The molecule has 0 aliphatic rings. The smallest absolute Gasteiger partial charge is 0.359 e. The number of hydrogen-bond acceptors (Lipinski definition) is 5. The van der Waals surface area contributed by atoms with Crippen molar-refractivity contribution in [1.29, 1.82) is 0 Å². The molecular formula is C13H19NO4. The zero-order valence-corrected chi connectivity index (χ0v) is 10.8. The molecule has 1 atom stereocenters. The van der Waals surface area contributed by atoms with Crippen molar-refractivity contribution in [3.05, 3.63) is 29.8 Å². The minimum Gasteiger partial charge on any atom is -0.508 e. The average molecular weight is 253 g/mol. The number of carbonyl (C=O) groups excluding carboxylic acids is 1. The third kappa shape index (κ3) is 5.16. The van der Waals surface area contributed by atoms with Gasteiger partial charge < -0.3 is 10.8 Å². The topological polar surface area (TPSA) is 81.8 Å². The monoisotopic (exact) mass is 253 g/mol. The predicted octanol–water partition coefficient (Wildman–Crippen LogP) is 1.54. The van der Waals surface area contributed by atoms with Crippen molar-refractivity contribution >= 4 is 5.97 Å². The van der Waals surface area contributed by atoms with Crippen molar-refractivity contribution in [3.63, 3.8) is 0 Å². The highest BCUT2D eigenvalue weighted by Gasteiger charge is 2.20. The van der Waals surface area contributed by atoms with Crippen LogP contribution in [0.15, 0.2) is 24.3 Å². The molecule has 0 aromatic heterocycles. The van der Waals surface area contributed by atoms with Crippen molar-refractivity contribution in [1.82, 2.24) is 0 Å². The van der Waals surface area contributed by atoms with E-state index in [9.17, 15) is 4.79 Å². The molecule has 0 heterocycles. The Hall–Kier alpha value is -1.59. The number of hydrogen-bond donors (Lipinski definition) is 2. The molecule has 1 aromatic rings. The Morgan fingerprint density at radius 2 is 1.89 bits per heavy atom. The Kier molecular flexibility index (Phi) is 4.69. The Labute approximate surface area is 106 Å². The second kappa shape index (κ2) is 5.84. The highest BCUT2D eigenvalue weighted by atomic mass is 17.2. The Morgan fingerprint density at radius 1 is 1.33 bits per heavy atom. The molecule has 0 bridgehead atoms. The summed E-state index contributed by atoms with van der Waals surface area (Å²) in [7, 11) is 0. The second-order valence-electron chi connectivity index (χ2n) is 5.08. The Morgan fingerprint density at radius 3 is 2.39 bits per heavy atom. The van der Waals surface area contributed by atoms with Crippen LogP contribution in [0.25, 0.3) is 0 Å². The van der Waals surface area contributed by atoms with Crippen LogP contribution in [0.2, 0.25) is 0 Å². The molecule has 0 saturated heterocycles. The van der Waals surface area contributed by atoms with Crippen LogP contribution in [0.5, 0.6) is 5.75 Å². The molecule has 1 rings (SSSR count). The quantitative estimate of drug-likeness (QED) is 0.628. The molecule has 0 radical (unpaired) electrons. The van der Waals surface area contributed by atoms with Gasteiger partial charge in [0.25, 0.3) is 0 Å². The molecule has 0 aliphatic carbocycles. The fraction of sp³-hybridized carbons (Fsp3) is 0.462. The first kappa shape index (κ1) is 14.5. The summed E-state index contributed by atoms with van der Waals surface area (Å²) in [5.74, 6) is -0.441. The molecule has 0 saturated carbocycles. The summed E-state index contributed by atoms with van der Waals surface area (Å²) in [6, 6.07) is 5.69. The molecule has 0 amide bonds. The van der Waals surface area contributed by atoms with Crippen LogP contribution >= 0.6 is 0 Å². The minimum absolute atomic E-state index is 0.172. The maximum atomic E-state index is 11.5. The third-order valence-electron chi connectivity index (χ3n) is 2.07. The maximum Gasteiger partial charge on any atom is 0.359 e. The second-order valence-corrected chi connectivity index (χ2v) is 5.08. The number of phenols is 1. The van der Waals surface area contributed by atoms with Crippen molar-refractivity contribution < 1.29 is 19.7 Å². The van der Waals surface area contributed by atoms with E-state index in [1.54, 1.807) is 45.0 Å². The van der Waals surface area contributed by atoms with E-state index < -0.39 is 17.6 Å². The maximum absolute atomic E-state index is 11.5. The molecule has 0 spiro atoms. The van der Waals surface area contributed by atoms with Gasteiger partial charge in [-0.1, -0.05) is 12.1 Å². The summed E-state index contributed by atoms with van der Waals surface area (Å²) in [6.45, 7) is 5.31. The number of phenolic OH excluding ortho intramolecular Hbond substituents is 1. The number of carbonyl (C=O) groups is 1. The van der Waals surface area contributed by atoms with Gasteiger partial charge in [0.1, 0.15) is 17.4 Å². The van der Waals surface area contributed by atoms with E-state index in [2.05, 4.69) is 4.89 Å². The molecule has 1 unspecified atom stereocenters. The average Bonchev–Trinajstić information content (AvgIpc) is 2.28. The lowest BCUT2D eigenvalue weighted by Gasteiger charge is -2.18. The SMILES string of the molecule is CC(C)(C)OOC(=O)C(N)Cc1ccc(O)cc1. The van der Waals surface area contributed by atoms with E-state index in [4.69, 9.17) is 15.7 Å². The molecule has 1 aromatic carbocycles. The number of rotatable bonds is 4. The van der Waals surface area contributed by atoms with Gasteiger partial charge in [-0.2, -0.15) is 4.89 Å². The van der Waals surface area contributed by atoms with Gasteiger partial charge in [0.15, 0.2) is 0 Å². The molecule has 0 fully saturated rings. The Balaban J connectivity index is 2.47. The largest absolute Gasteiger partial charge is 0.508 e. The lowest BCUT2D eigenvalue weighted by atomic mass is 10.1. The fourth-order valence-corrected chi connectivity index (χ4v) is 1.20. The van der Waals surface area contributed by atoms with Crippen molar-refractivity contribution in [2.75, 3.05) is 0 Å². The number of aromatic hydroxyl groups is 1. The van der Waals surface area contributed by atoms with Crippen LogP contribution < -0.4 is 5.73 Å². The molecule has 5 nitrogen and oxygen atoms in total. The fourth-order valence-electron chi connectivity index (χ4n) is 1.20. The van der Waals surface area contributed by atoms with Crippen LogP contribution in [0.1, 0.15) is 26.3 Å². The predicted molar refractivity (Wildman–Crippen MR) is 66.7 cm³/mol. The normalized spacial score (nSPS) is 13.1. The van der Waals surface area contributed by atoms with Gasteiger partial charge in [-0.25, -0.2) is 4.79 Å². The van der Waals surface area contributed by atoms with Crippen molar-refractivity contribution in [2.24, 2.45) is 5.73 Å². The van der Waals surface area contributed by atoms with Crippen LogP contribution in [0.3, 0.4) is 0 Å². The number of benzene rings is 1. The first-order valence-electron chi connectivity index (χ1n) is 5.71. The van der Waals surface area contributed by atoms with Gasteiger partial charge >= 0.3 is 5.97 Å². The number of nitrogens with two attached hydrogens (primary N) is 1. The molecule has 100 valence electrons. The van der Waals surface area contributed by atoms with Gasteiger partial charge in [0.2, 0.25) is 0 Å². The zero-order chi connectivity index (χ0) is 13.8. The molecule has 5 heteroatoms. The Bertz CT molecular complexity index is 394. The van der Waals surface area contributed by atoms with E-state index in [0.717, 1.165) is 5.56 Å². The van der Waals surface area contributed by atoms with Gasteiger partial charge in [0, 0.05) is 0 Å². The first-order valence-corrected chi connectivity index (χ1v) is 5.71. The molecule has 0 aliphatic heterocycles. The molecule has 18 heavy (non-hydrogen) atoms. The van der Waals surface area contributed by atoms with E-state index in [1.165, 1.54) is 0 Å². The van der Waals surface area contributed by atoms with Crippen LogP contribution in [0.4, 0.5) is 0 Å². The summed E-state index contributed by atoms with van der Waals surface area (Å²) in [5, 5.41) is 9.13. The van der Waals surface area contributed by atoms with Gasteiger partial charge in [0.05, 0.1) is 0 Å². The lowest BCUT2D eigenvalue weighted by Crippen LogP contribution is -2.36. The minimum atomic E-state index is -0.795. The molecular weight excluding hydrogens is 234 g/mol. The highest BCUT2D eigenvalue weighted by Crippen LogP contribution is 2.12. The van der Waals surface area contributed by atoms with Crippen molar-refractivity contribution in [3.8, 4) is 5.75 Å². The van der Waals surface area contributed by atoms with Crippen LogP contribution in [-0.2, 0) is 21.0 Å². The van der Waals surface area contributed by atoms with Gasteiger partial charge in [-0.3, -0.25) is 4.89 Å². The van der Waals surface area contributed by atoms with E-state index in [-0.39, 0.29) is 5.75 Å².